The molecule has 5 aromatic rings. The predicted octanol–water partition coefficient (Wildman–Crippen LogP) is 5.32. The van der Waals surface area contributed by atoms with Crippen molar-refractivity contribution in [3.05, 3.63) is 115 Å². The number of rotatable bonds is 6. The van der Waals surface area contributed by atoms with Crippen LogP contribution < -0.4 is 0 Å². The van der Waals surface area contributed by atoms with Gasteiger partial charge < -0.3 is 4.90 Å². The van der Waals surface area contributed by atoms with E-state index < -0.39 is 28.1 Å². The minimum absolute atomic E-state index is 0.0169. The van der Waals surface area contributed by atoms with Gasteiger partial charge in [0.2, 0.25) is 0 Å². The molecule has 0 saturated carbocycles. The number of benzene rings is 3. The number of piperazine rings is 1. The number of sulfonamides is 1. The molecule has 6 rings (SSSR count). The molecule has 1 aliphatic heterocycles. The molecule has 1 aliphatic rings. The highest BCUT2D eigenvalue weighted by molar-refractivity contribution is 7.92. The van der Waals surface area contributed by atoms with E-state index in [9.17, 15) is 21.6 Å². The van der Waals surface area contributed by atoms with E-state index in [0.717, 1.165) is 15.1 Å². The molecular formula is C35H34N4O5S2Si. The van der Waals surface area contributed by atoms with Crippen molar-refractivity contribution in [2.75, 3.05) is 26.2 Å². The molecule has 3 heterocycles. The lowest BCUT2D eigenvalue weighted by Gasteiger charge is -2.34. The predicted molar refractivity (Wildman–Crippen MR) is 186 cm³/mol. The first kappa shape index (κ1) is 32.4. The van der Waals surface area contributed by atoms with E-state index in [1.807, 2.05) is 24.3 Å². The molecule has 1 amide bonds. The smallest absolute Gasteiger partial charge is 0.269 e. The highest BCUT2D eigenvalue weighted by Gasteiger charge is 2.36. The fourth-order valence-corrected chi connectivity index (χ4v) is 9.44. The van der Waals surface area contributed by atoms with Crippen molar-refractivity contribution in [2.45, 2.75) is 29.6 Å². The van der Waals surface area contributed by atoms with Crippen LogP contribution in [0, 0.1) is 11.5 Å². The number of hydrogen-bond acceptors (Lipinski definition) is 6. The molecule has 240 valence electrons. The van der Waals surface area contributed by atoms with Crippen molar-refractivity contribution in [1.82, 2.24) is 18.2 Å². The Hall–Kier alpha value is -4.54. The van der Waals surface area contributed by atoms with Crippen LogP contribution in [0.1, 0.15) is 15.9 Å². The van der Waals surface area contributed by atoms with Crippen molar-refractivity contribution < 1.29 is 21.6 Å². The molecule has 12 heteroatoms. The van der Waals surface area contributed by atoms with Crippen LogP contribution in [0.15, 0.2) is 113 Å². The zero-order chi connectivity index (χ0) is 33.4. The van der Waals surface area contributed by atoms with Gasteiger partial charge in [-0.1, -0.05) is 55.9 Å². The third kappa shape index (κ3) is 6.66. The highest BCUT2D eigenvalue weighted by Crippen LogP contribution is 2.31. The molecule has 3 aromatic carbocycles. The van der Waals surface area contributed by atoms with E-state index >= 15 is 0 Å². The van der Waals surface area contributed by atoms with E-state index in [2.05, 4.69) is 36.1 Å². The number of pyridine rings is 1. The van der Waals surface area contributed by atoms with E-state index in [-0.39, 0.29) is 47.5 Å². The molecule has 2 aromatic heterocycles. The van der Waals surface area contributed by atoms with E-state index in [0.29, 0.717) is 16.5 Å². The van der Waals surface area contributed by atoms with Crippen LogP contribution in [-0.2, 0) is 20.0 Å². The summed E-state index contributed by atoms with van der Waals surface area (Å²) in [5.41, 5.74) is 6.67. The van der Waals surface area contributed by atoms with Crippen LogP contribution in [0.4, 0.5) is 0 Å². The summed E-state index contributed by atoms with van der Waals surface area (Å²) in [5.74, 6) is 2.97. The van der Waals surface area contributed by atoms with Crippen LogP contribution in [0.2, 0.25) is 19.6 Å². The van der Waals surface area contributed by atoms with Crippen LogP contribution in [0.25, 0.3) is 22.0 Å². The van der Waals surface area contributed by atoms with Gasteiger partial charge in [0, 0.05) is 55.1 Å². The Morgan fingerprint density at radius 3 is 2.02 bits per heavy atom. The maximum absolute atomic E-state index is 14.2. The summed E-state index contributed by atoms with van der Waals surface area (Å²) in [4.78, 5) is 19.0. The van der Waals surface area contributed by atoms with Crippen molar-refractivity contribution in [3.63, 3.8) is 0 Å². The van der Waals surface area contributed by atoms with Gasteiger partial charge in [-0.2, -0.15) is 4.31 Å². The summed E-state index contributed by atoms with van der Waals surface area (Å²) in [6.07, 6.45) is 3.42. The first-order chi connectivity index (χ1) is 22.3. The number of fused-ring (bicyclic) bond motifs is 1. The van der Waals surface area contributed by atoms with E-state index in [1.165, 1.54) is 22.5 Å². The lowest BCUT2D eigenvalue weighted by Crippen LogP contribution is -2.50. The number of carbonyl (C=O) groups is 1. The van der Waals surface area contributed by atoms with Gasteiger partial charge in [0.1, 0.15) is 8.07 Å². The van der Waals surface area contributed by atoms with Crippen molar-refractivity contribution >= 4 is 44.9 Å². The molecule has 1 fully saturated rings. The van der Waals surface area contributed by atoms with Crippen molar-refractivity contribution in [3.8, 4) is 22.6 Å². The molecule has 0 spiro atoms. The Labute approximate surface area is 276 Å². The molecule has 0 atom stereocenters. The summed E-state index contributed by atoms with van der Waals surface area (Å²) >= 11 is 0. The Morgan fingerprint density at radius 2 is 1.38 bits per heavy atom. The van der Waals surface area contributed by atoms with E-state index in [4.69, 9.17) is 0 Å². The summed E-state index contributed by atoms with van der Waals surface area (Å²) in [7, 11) is -10.3. The monoisotopic (exact) mass is 682 g/mol. The Morgan fingerprint density at radius 1 is 0.745 bits per heavy atom. The molecule has 0 unspecified atom stereocenters. The molecule has 47 heavy (non-hydrogen) atoms. The average molecular weight is 683 g/mol. The van der Waals surface area contributed by atoms with Gasteiger partial charge in [-0.3, -0.25) is 9.78 Å². The van der Waals surface area contributed by atoms with Crippen molar-refractivity contribution in [2.24, 2.45) is 0 Å². The summed E-state index contributed by atoms with van der Waals surface area (Å²) in [5, 5.41) is 0.104. The standard InChI is InChI=1S/C35H34N4O5S2Si/c1-47(2,3)24-17-27-9-14-33-31(25-27)26-34(39(33)45(41,42)32-7-5-4-6-8-32)46(43,44)38-22-20-37(21-23-38)35(40)30-12-10-28(11-13-30)29-15-18-36-19-16-29/h4-16,18-19,25-26H,20-23H2,1-3H3. The average Bonchev–Trinajstić information content (AvgIpc) is 3.48. The highest BCUT2D eigenvalue weighted by atomic mass is 32.2. The maximum Gasteiger partial charge on any atom is 0.269 e. The zero-order valence-corrected chi connectivity index (χ0v) is 28.9. The largest absolute Gasteiger partial charge is 0.336 e. The first-order valence-corrected chi connectivity index (χ1v) is 21.5. The van der Waals surface area contributed by atoms with Gasteiger partial charge in [-0.15, -0.1) is 5.54 Å². The summed E-state index contributed by atoms with van der Waals surface area (Å²) in [6.45, 7) is 6.72. The fraction of sp³-hybridized carbons (Fsp3) is 0.200. The molecular weight excluding hydrogens is 649 g/mol. The van der Waals surface area contributed by atoms with E-state index in [1.54, 1.807) is 65.8 Å². The number of carbonyl (C=O) groups excluding carboxylic acids is 1. The molecule has 0 N–H and O–H groups in total. The Kier molecular flexibility index (Phi) is 8.67. The van der Waals surface area contributed by atoms with Gasteiger partial charge in [-0.25, -0.2) is 20.8 Å². The SMILES string of the molecule is C[Si](C)(C)C#Cc1ccc2c(c1)cc(S(=O)(=O)N1CCN(C(=O)c3ccc(-c4ccncc4)cc3)CC1)n2S(=O)(=O)c1ccccc1. The lowest BCUT2D eigenvalue weighted by molar-refractivity contribution is 0.0698. The van der Waals surface area contributed by atoms with Crippen LogP contribution in [0.5, 0.6) is 0 Å². The van der Waals surface area contributed by atoms with Gasteiger partial charge in [0.15, 0.2) is 5.03 Å². The molecule has 9 nitrogen and oxygen atoms in total. The Balaban J connectivity index is 1.30. The van der Waals surface area contributed by atoms with Gasteiger partial charge in [0.05, 0.1) is 10.4 Å². The third-order valence-corrected chi connectivity index (χ3v) is 12.5. The Bertz CT molecular complexity index is 2230. The quantitative estimate of drug-likeness (QED) is 0.177. The normalized spacial score (nSPS) is 14.5. The van der Waals surface area contributed by atoms with Gasteiger partial charge in [0.25, 0.3) is 26.0 Å². The second-order valence-electron chi connectivity index (χ2n) is 12.3. The zero-order valence-electron chi connectivity index (χ0n) is 26.3. The van der Waals surface area contributed by atoms with Gasteiger partial charge in [-0.05, 0) is 71.8 Å². The topological polar surface area (TPSA) is 110 Å². The maximum atomic E-state index is 14.2. The second-order valence-corrected chi connectivity index (χ2v) is 20.8. The first-order valence-electron chi connectivity index (χ1n) is 15.1. The molecule has 1 saturated heterocycles. The molecule has 0 aliphatic carbocycles. The van der Waals surface area contributed by atoms with Crippen LogP contribution >= 0.6 is 0 Å². The number of hydrogen-bond donors (Lipinski definition) is 0. The summed E-state index contributed by atoms with van der Waals surface area (Å²) in [6, 6.07) is 25.3. The van der Waals surface area contributed by atoms with Crippen LogP contribution in [-0.4, -0.2) is 75.2 Å². The fourth-order valence-electron chi connectivity index (χ4n) is 5.42. The number of aromatic nitrogens is 2. The minimum atomic E-state index is -4.30. The molecule has 0 radical (unpaired) electrons. The lowest BCUT2D eigenvalue weighted by atomic mass is 10.0. The number of amides is 1. The number of nitrogens with zero attached hydrogens (tertiary/aromatic N) is 4. The summed E-state index contributed by atoms with van der Waals surface area (Å²) < 4.78 is 58.7. The second kappa shape index (κ2) is 12.6. The van der Waals surface area contributed by atoms with Crippen LogP contribution in [0.3, 0.4) is 0 Å². The third-order valence-electron chi connectivity index (χ3n) is 7.86. The van der Waals surface area contributed by atoms with Crippen molar-refractivity contribution in [1.29, 1.82) is 0 Å². The minimum Gasteiger partial charge on any atom is -0.336 e. The van der Waals surface area contributed by atoms with Gasteiger partial charge >= 0.3 is 0 Å². The molecule has 0 bridgehead atoms.